The summed E-state index contributed by atoms with van der Waals surface area (Å²) in [6, 6.07) is 0. The van der Waals surface area contributed by atoms with Crippen LogP contribution in [0.3, 0.4) is 0 Å². The molecule has 0 aliphatic rings. The summed E-state index contributed by atoms with van der Waals surface area (Å²) in [6.07, 6.45) is 56.1. The van der Waals surface area contributed by atoms with E-state index in [4.69, 9.17) is 0 Å². The molecule has 1 atom stereocenters. The molecule has 1 unspecified atom stereocenters. The van der Waals surface area contributed by atoms with Gasteiger partial charge in [0.15, 0.2) is 0 Å². The molecule has 0 heterocycles. The van der Waals surface area contributed by atoms with Crippen LogP contribution in [0.5, 0.6) is 0 Å². The van der Waals surface area contributed by atoms with Crippen LogP contribution in [0.1, 0.15) is 264 Å². The summed E-state index contributed by atoms with van der Waals surface area (Å²) in [5.41, 5.74) is 0. The van der Waals surface area contributed by atoms with Crippen molar-refractivity contribution in [1.29, 1.82) is 0 Å². The van der Waals surface area contributed by atoms with Gasteiger partial charge in [-0.05, 0) is 57.8 Å². The molecule has 2 N–H and O–H groups in total. The van der Waals surface area contributed by atoms with Crippen LogP contribution in [0, 0.1) is 0 Å². The average molecular weight is 744 g/mol. The summed E-state index contributed by atoms with van der Waals surface area (Å²) in [6.45, 7) is 4.94. The maximum Gasteiger partial charge on any atom is 0.220 e. The van der Waals surface area contributed by atoms with Gasteiger partial charge in [0.1, 0.15) is 5.78 Å². The second kappa shape index (κ2) is 45.0. The van der Waals surface area contributed by atoms with Crippen molar-refractivity contribution in [3.63, 3.8) is 0 Å². The number of ketones is 1. The Hall–Kier alpha value is -1.42. The highest BCUT2D eigenvalue weighted by atomic mass is 16.3. The molecule has 0 aliphatic carbocycles. The molecular weight excluding hydrogens is 651 g/mol. The van der Waals surface area contributed by atoms with Crippen molar-refractivity contribution >= 4 is 11.7 Å². The summed E-state index contributed by atoms with van der Waals surface area (Å²) in [4.78, 5) is 24.4. The molecule has 53 heavy (non-hydrogen) atoms. The molecule has 0 aromatic heterocycles. The van der Waals surface area contributed by atoms with E-state index in [1.165, 1.54) is 180 Å². The first-order valence-electron chi connectivity index (χ1n) is 23.9. The summed E-state index contributed by atoms with van der Waals surface area (Å²) < 4.78 is 0. The smallest absolute Gasteiger partial charge is 0.220 e. The molecule has 0 bridgehead atoms. The Morgan fingerprint density at radius 2 is 0.774 bits per heavy atom. The number of carbonyl (C=O) groups excluding carboxylic acids is 2. The first-order chi connectivity index (χ1) is 26.1. The van der Waals surface area contributed by atoms with Gasteiger partial charge in [-0.2, -0.15) is 0 Å². The summed E-state index contributed by atoms with van der Waals surface area (Å²) in [7, 11) is 0. The second-order valence-electron chi connectivity index (χ2n) is 16.4. The quantitative estimate of drug-likeness (QED) is 0.0482. The second-order valence-corrected chi connectivity index (χ2v) is 16.4. The summed E-state index contributed by atoms with van der Waals surface area (Å²) in [5, 5.41) is 13.2. The van der Waals surface area contributed by atoms with Gasteiger partial charge in [0.05, 0.1) is 6.10 Å². The third kappa shape index (κ3) is 44.9. The van der Waals surface area contributed by atoms with Gasteiger partial charge in [-0.3, -0.25) is 9.59 Å². The highest BCUT2D eigenvalue weighted by molar-refractivity contribution is 5.78. The van der Waals surface area contributed by atoms with Crippen molar-refractivity contribution in [1.82, 2.24) is 5.32 Å². The zero-order chi connectivity index (χ0) is 38.6. The third-order valence-corrected chi connectivity index (χ3v) is 10.9. The minimum atomic E-state index is -0.411. The molecule has 1 amide bonds. The Balaban J connectivity index is 3.35. The predicted octanol–water partition coefficient (Wildman–Crippen LogP) is 15.4. The minimum absolute atomic E-state index is 0.0838. The van der Waals surface area contributed by atoms with Crippen molar-refractivity contribution in [3.8, 4) is 0 Å². The highest BCUT2D eigenvalue weighted by Crippen LogP contribution is 2.16. The molecule has 0 aromatic rings. The normalized spacial score (nSPS) is 12.4. The summed E-state index contributed by atoms with van der Waals surface area (Å²) >= 11 is 0. The van der Waals surface area contributed by atoms with E-state index in [0.29, 0.717) is 18.7 Å². The molecule has 0 aliphatic heterocycles. The monoisotopic (exact) mass is 744 g/mol. The van der Waals surface area contributed by atoms with Crippen LogP contribution in [0.4, 0.5) is 0 Å². The first kappa shape index (κ1) is 51.6. The van der Waals surface area contributed by atoms with E-state index in [0.717, 1.165) is 64.2 Å². The lowest BCUT2D eigenvalue weighted by atomic mass is 10.0. The topological polar surface area (TPSA) is 66.4 Å². The lowest BCUT2D eigenvalue weighted by Crippen LogP contribution is -2.31. The largest absolute Gasteiger partial charge is 0.391 e. The zero-order valence-corrected chi connectivity index (χ0v) is 35.9. The number of aliphatic hydroxyl groups excluding tert-OH is 1. The molecule has 0 fully saturated rings. The molecule has 312 valence electrons. The number of carbonyl (C=O) groups is 2. The van der Waals surface area contributed by atoms with Crippen molar-refractivity contribution in [2.45, 2.75) is 270 Å². The van der Waals surface area contributed by atoms with Crippen molar-refractivity contribution in [2.24, 2.45) is 0 Å². The Bertz CT molecular complexity index is 806. The number of allylic oxidation sites excluding steroid dienone is 4. The zero-order valence-electron chi connectivity index (χ0n) is 35.9. The number of unbranched alkanes of at least 4 members (excludes halogenated alkanes) is 30. The van der Waals surface area contributed by atoms with Crippen LogP contribution in [0.25, 0.3) is 0 Å². The van der Waals surface area contributed by atoms with Crippen LogP contribution in [-0.4, -0.2) is 29.4 Å². The molecule has 0 saturated carbocycles. The average Bonchev–Trinajstić information content (AvgIpc) is 3.16. The molecule has 0 aromatic carbocycles. The number of rotatable bonds is 44. The lowest BCUT2D eigenvalue weighted by molar-refractivity contribution is -0.121. The molecule has 0 spiro atoms. The van der Waals surface area contributed by atoms with Gasteiger partial charge in [-0.25, -0.2) is 0 Å². The standard InChI is InChI=1S/C49H93NO3/c1-3-5-7-9-11-13-15-17-19-21-23-25-27-32-36-40-44-48(52)46-50-49(53)45-41-37-33-29-28-31-35-39-43-47(51)42-38-34-30-26-24-22-20-18-16-14-12-10-8-6-4-2/h12,14,18,20,48,52H,3-11,13,15-17,19,21-46H2,1-2H3,(H,50,53)/b14-12-,20-18-. The maximum absolute atomic E-state index is 12.2. The highest BCUT2D eigenvalue weighted by Gasteiger charge is 2.07. The van der Waals surface area contributed by atoms with E-state index in [9.17, 15) is 14.7 Å². The lowest BCUT2D eigenvalue weighted by Gasteiger charge is -2.12. The number of Topliss-reactive ketones (excluding diaryl/α,β-unsaturated/α-hetero) is 1. The Morgan fingerprint density at radius 3 is 1.23 bits per heavy atom. The third-order valence-electron chi connectivity index (χ3n) is 10.9. The van der Waals surface area contributed by atoms with Gasteiger partial charge >= 0.3 is 0 Å². The molecule has 0 saturated heterocycles. The van der Waals surface area contributed by atoms with Gasteiger partial charge < -0.3 is 10.4 Å². The predicted molar refractivity (Wildman–Crippen MR) is 234 cm³/mol. The van der Waals surface area contributed by atoms with E-state index >= 15 is 0 Å². The number of nitrogens with one attached hydrogen (secondary N) is 1. The van der Waals surface area contributed by atoms with E-state index in [1.54, 1.807) is 0 Å². The fourth-order valence-electron chi connectivity index (χ4n) is 7.28. The van der Waals surface area contributed by atoms with Gasteiger partial charge in [0.2, 0.25) is 5.91 Å². The Kier molecular flexibility index (Phi) is 43.8. The van der Waals surface area contributed by atoms with Gasteiger partial charge in [0, 0.05) is 25.8 Å². The molecular formula is C49H93NO3. The van der Waals surface area contributed by atoms with Crippen LogP contribution in [0.15, 0.2) is 24.3 Å². The molecule has 4 nitrogen and oxygen atoms in total. The van der Waals surface area contributed by atoms with E-state index in [2.05, 4.69) is 43.5 Å². The number of amides is 1. The fraction of sp³-hybridized carbons (Fsp3) is 0.878. The van der Waals surface area contributed by atoms with Crippen LogP contribution >= 0.6 is 0 Å². The number of hydrogen-bond donors (Lipinski definition) is 2. The number of aliphatic hydroxyl groups is 1. The van der Waals surface area contributed by atoms with E-state index in [1.807, 2.05) is 0 Å². The van der Waals surface area contributed by atoms with Crippen LogP contribution in [-0.2, 0) is 9.59 Å². The van der Waals surface area contributed by atoms with Crippen LogP contribution in [0.2, 0.25) is 0 Å². The molecule has 0 rings (SSSR count). The number of hydrogen-bond acceptors (Lipinski definition) is 3. The maximum atomic E-state index is 12.2. The minimum Gasteiger partial charge on any atom is -0.391 e. The summed E-state index contributed by atoms with van der Waals surface area (Å²) in [5.74, 6) is 0.544. The van der Waals surface area contributed by atoms with Crippen molar-refractivity contribution in [2.75, 3.05) is 6.54 Å². The van der Waals surface area contributed by atoms with Gasteiger partial charge in [0.25, 0.3) is 0 Å². The molecule has 4 heteroatoms. The van der Waals surface area contributed by atoms with Crippen molar-refractivity contribution < 1.29 is 14.7 Å². The van der Waals surface area contributed by atoms with E-state index < -0.39 is 6.10 Å². The Labute approximate surface area is 332 Å². The Morgan fingerprint density at radius 1 is 0.434 bits per heavy atom. The SMILES string of the molecule is CCCCC/C=C\C/C=C\CCCCCCCC(=O)CCCCCCCCCCC(=O)NCC(O)CCCCCCCCCCCCCCCCCC. The van der Waals surface area contributed by atoms with Gasteiger partial charge in [-0.1, -0.05) is 212 Å². The van der Waals surface area contributed by atoms with Crippen LogP contribution < -0.4 is 5.32 Å². The first-order valence-corrected chi connectivity index (χ1v) is 23.9. The van der Waals surface area contributed by atoms with Crippen molar-refractivity contribution in [3.05, 3.63) is 24.3 Å². The van der Waals surface area contributed by atoms with E-state index in [-0.39, 0.29) is 5.91 Å². The fourth-order valence-corrected chi connectivity index (χ4v) is 7.28. The molecule has 0 radical (unpaired) electrons. The van der Waals surface area contributed by atoms with Gasteiger partial charge in [-0.15, -0.1) is 0 Å².